The molecular formula is C29H48O4. The van der Waals surface area contributed by atoms with Crippen molar-refractivity contribution in [3.05, 3.63) is 34.9 Å². The van der Waals surface area contributed by atoms with Gasteiger partial charge in [-0.3, -0.25) is 0 Å². The van der Waals surface area contributed by atoms with Gasteiger partial charge in [0.25, 0.3) is 0 Å². The third-order valence-electron chi connectivity index (χ3n) is 6.37. The Kier molecular flexibility index (Phi) is 17.4. The zero-order valence-electron chi connectivity index (χ0n) is 21.3. The Hall–Kier alpha value is -1.84. The van der Waals surface area contributed by atoms with Gasteiger partial charge in [-0.1, -0.05) is 122 Å². The lowest BCUT2D eigenvalue weighted by atomic mass is 9.96. The number of esters is 1. The first-order valence-electron chi connectivity index (χ1n) is 13.6. The second-order valence-corrected chi connectivity index (χ2v) is 9.33. The molecule has 0 aliphatic heterocycles. The molecule has 1 aromatic rings. The molecule has 0 radical (unpaired) electrons. The largest absolute Gasteiger partial charge is 0.478 e. The first-order chi connectivity index (χ1) is 16.1. The first kappa shape index (κ1) is 29.2. The SMILES string of the molecule is C1CCCC1.CCCCCCCCOC(=O)c1cccc(CCCCCCCC)c1C(=O)O. The summed E-state index contributed by atoms with van der Waals surface area (Å²) in [5.41, 5.74) is 1.03. The van der Waals surface area contributed by atoms with E-state index in [-0.39, 0.29) is 11.1 Å². The fourth-order valence-corrected chi connectivity index (χ4v) is 4.34. The van der Waals surface area contributed by atoms with Crippen molar-refractivity contribution in [2.24, 2.45) is 0 Å². The van der Waals surface area contributed by atoms with Crippen molar-refractivity contribution in [3.63, 3.8) is 0 Å². The summed E-state index contributed by atoms with van der Waals surface area (Å²) in [6.45, 7) is 4.73. The molecule has 1 saturated carbocycles. The van der Waals surface area contributed by atoms with E-state index < -0.39 is 11.9 Å². The lowest BCUT2D eigenvalue weighted by Gasteiger charge is -2.12. The highest BCUT2D eigenvalue weighted by molar-refractivity contribution is 6.03. The topological polar surface area (TPSA) is 63.6 Å². The molecule has 1 fully saturated rings. The lowest BCUT2D eigenvalue weighted by Crippen LogP contribution is -2.15. The fourth-order valence-electron chi connectivity index (χ4n) is 4.34. The van der Waals surface area contributed by atoms with E-state index in [1.54, 1.807) is 12.1 Å². The van der Waals surface area contributed by atoms with Crippen molar-refractivity contribution >= 4 is 11.9 Å². The summed E-state index contributed by atoms with van der Waals surface area (Å²) >= 11 is 0. The number of carboxylic acid groups (broad SMARTS) is 1. The van der Waals surface area contributed by atoms with Crippen LogP contribution in [-0.4, -0.2) is 23.7 Å². The third-order valence-corrected chi connectivity index (χ3v) is 6.37. The lowest BCUT2D eigenvalue weighted by molar-refractivity contribution is 0.0487. The Bertz CT molecular complexity index is 641. The molecule has 0 saturated heterocycles. The summed E-state index contributed by atoms with van der Waals surface area (Å²) in [7, 11) is 0. The van der Waals surface area contributed by atoms with Gasteiger partial charge in [0.2, 0.25) is 0 Å². The number of ether oxygens (including phenoxy) is 1. The minimum Gasteiger partial charge on any atom is -0.478 e. The number of rotatable bonds is 16. The van der Waals surface area contributed by atoms with Crippen LogP contribution in [0.15, 0.2) is 18.2 Å². The molecule has 0 unspecified atom stereocenters. The fraction of sp³-hybridized carbons (Fsp3) is 0.724. The summed E-state index contributed by atoms with van der Waals surface area (Å²) in [6, 6.07) is 5.15. The highest BCUT2D eigenvalue weighted by Gasteiger charge is 2.21. The van der Waals surface area contributed by atoms with Gasteiger partial charge in [-0.05, 0) is 30.9 Å². The van der Waals surface area contributed by atoms with E-state index in [9.17, 15) is 14.7 Å². The van der Waals surface area contributed by atoms with E-state index in [2.05, 4.69) is 13.8 Å². The number of hydrogen-bond donors (Lipinski definition) is 1. The molecule has 2 rings (SSSR count). The highest BCUT2D eigenvalue weighted by atomic mass is 16.5. The smallest absolute Gasteiger partial charge is 0.339 e. The third kappa shape index (κ3) is 13.5. The molecule has 1 aliphatic carbocycles. The molecule has 1 aliphatic rings. The van der Waals surface area contributed by atoms with E-state index in [1.165, 1.54) is 77.0 Å². The summed E-state index contributed by atoms with van der Waals surface area (Å²) < 4.78 is 5.35. The number of benzene rings is 1. The van der Waals surface area contributed by atoms with Gasteiger partial charge in [0.05, 0.1) is 17.7 Å². The zero-order chi connectivity index (χ0) is 24.2. The van der Waals surface area contributed by atoms with Gasteiger partial charge in [-0.15, -0.1) is 0 Å². The Morgan fingerprint density at radius 1 is 0.758 bits per heavy atom. The number of hydrogen-bond acceptors (Lipinski definition) is 3. The first-order valence-corrected chi connectivity index (χ1v) is 13.6. The van der Waals surface area contributed by atoms with Crippen LogP contribution in [0.5, 0.6) is 0 Å². The highest BCUT2D eigenvalue weighted by Crippen LogP contribution is 2.20. The van der Waals surface area contributed by atoms with Crippen molar-refractivity contribution < 1.29 is 19.4 Å². The molecule has 1 N–H and O–H groups in total. The molecular weight excluding hydrogens is 412 g/mol. The monoisotopic (exact) mass is 460 g/mol. The predicted octanol–water partition coefficient (Wildman–Crippen LogP) is 8.76. The van der Waals surface area contributed by atoms with E-state index >= 15 is 0 Å². The van der Waals surface area contributed by atoms with Crippen LogP contribution >= 0.6 is 0 Å². The van der Waals surface area contributed by atoms with Crippen molar-refractivity contribution in [3.8, 4) is 0 Å². The standard InChI is InChI=1S/C24H38O4.C5H10/c1-3-5-7-9-11-13-16-20-17-15-18-21(22(20)23(25)26)24(27)28-19-14-12-10-8-6-4-2;1-2-4-5-3-1/h15,17-18H,3-14,16,19H2,1-2H3,(H,25,26);1-5H2. The Labute approximate surface area is 202 Å². The van der Waals surface area contributed by atoms with Crippen molar-refractivity contribution in [2.45, 2.75) is 129 Å². The molecule has 188 valence electrons. The molecule has 4 heteroatoms. The van der Waals surface area contributed by atoms with Gasteiger partial charge < -0.3 is 9.84 Å². The summed E-state index contributed by atoms with van der Waals surface area (Å²) in [5.74, 6) is -1.57. The molecule has 0 bridgehead atoms. The van der Waals surface area contributed by atoms with Gasteiger partial charge in [-0.25, -0.2) is 9.59 Å². The summed E-state index contributed by atoms with van der Waals surface area (Å²) in [5, 5.41) is 9.65. The van der Waals surface area contributed by atoms with Crippen molar-refractivity contribution in [1.29, 1.82) is 0 Å². The number of carbonyl (C=O) groups is 2. The van der Waals surface area contributed by atoms with Gasteiger partial charge in [0.15, 0.2) is 0 Å². The number of aryl methyl sites for hydroxylation is 1. The molecule has 4 nitrogen and oxygen atoms in total. The summed E-state index contributed by atoms with van der Waals surface area (Å²) in [6.07, 6.45) is 21.8. The second kappa shape index (κ2) is 19.6. The van der Waals surface area contributed by atoms with Crippen LogP contribution in [0, 0.1) is 0 Å². The van der Waals surface area contributed by atoms with Gasteiger partial charge >= 0.3 is 11.9 Å². The van der Waals surface area contributed by atoms with E-state index in [4.69, 9.17) is 4.74 Å². The molecule has 0 atom stereocenters. The Morgan fingerprint density at radius 2 is 1.27 bits per heavy atom. The van der Waals surface area contributed by atoms with Crippen LogP contribution in [0.3, 0.4) is 0 Å². The Balaban J connectivity index is 0.000000953. The van der Waals surface area contributed by atoms with E-state index in [1.807, 2.05) is 6.07 Å². The van der Waals surface area contributed by atoms with Gasteiger partial charge in [-0.2, -0.15) is 0 Å². The minimum absolute atomic E-state index is 0.115. The number of carboxylic acids is 1. The predicted molar refractivity (Wildman–Crippen MR) is 137 cm³/mol. The maximum absolute atomic E-state index is 12.4. The van der Waals surface area contributed by atoms with Crippen molar-refractivity contribution in [2.75, 3.05) is 6.61 Å². The average molecular weight is 461 g/mol. The van der Waals surface area contributed by atoms with Crippen molar-refractivity contribution in [1.82, 2.24) is 0 Å². The number of unbranched alkanes of at least 4 members (excludes halogenated alkanes) is 10. The maximum Gasteiger partial charge on any atom is 0.339 e. The normalized spacial score (nSPS) is 12.8. The number of aromatic carboxylic acids is 1. The van der Waals surface area contributed by atoms with Crippen LogP contribution < -0.4 is 0 Å². The van der Waals surface area contributed by atoms with Crippen LogP contribution in [0.2, 0.25) is 0 Å². The molecule has 0 spiro atoms. The van der Waals surface area contributed by atoms with Crippen LogP contribution in [0.25, 0.3) is 0 Å². The summed E-state index contributed by atoms with van der Waals surface area (Å²) in [4.78, 5) is 24.2. The molecule has 0 aromatic heterocycles. The van der Waals surface area contributed by atoms with Crippen LogP contribution in [0.1, 0.15) is 149 Å². The van der Waals surface area contributed by atoms with Crippen LogP contribution in [-0.2, 0) is 11.2 Å². The van der Waals surface area contributed by atoms with E-state index in [0.29, 0.717) is 13.0 Å². The van der Waals surface area contributed by atoms with E-state index in [0.717, 1.165) is 37.7 Å². The maximum atomic E-state index is 12.4. The molecule has 1 aromatic carbocycles. The second-order valence-electron chi connectivity index (χ2n) is 9.33. The number of carbonyl (C=O) groups excluding carboxylic acids is 1. The van der Waals surface area contributed by atoms with Crippen LogP contribution in [0.4, 0.5) is 0 Å². The average Bonchev–Trinajstić information content (AvgIpc) is 3.40. The van der Waals surface area contributed by atoms with Gasteiger partial charge in [0.1, 0.15) is 0 Å². The Morgan fingerprint density at radius 3 is 1.82 bits per heavy atom. The minimum atomic E-state index is -1.05. The molecule has 0 amide bonds. The molecule has 0 heterocycles. The quantitative estimate of drug-likeness (QED) is 0.198. The zero-order valence-corrected chi connectivity index (χ0v) is 21.3. The molecule has 33 heavy (non-hydrogen) atoms. The van der Waals surface area contributed by atoms with Gasteiger partial charge in [0, 0.05) is 0 Å².